The highest BCUT2D eigenvalue weighted by atomic mass is 16.5. The van der Waals surface area contributed by atoms with Crippen LogP contribution < -0.4 is 5.32 Å². The summed E-state index contributed by atoms with van der Waals surface area (Å²) in [4.78, 5) is 0. The molecule has 0 aromatic carbocycles. The summed E-state index contributed by atoms with van der Waals surface area (Å²) < 4.78 is 5.24. The predicted octanol–water partition coefficient (Wildman–Crippen LogP) is 7.04. The molecule has 1 heterocycles. The fourth-order valence-corrected chi connectivity index (χ4v) is 3.22. The van der Waals surface area contributed by atoms with Gasteiger partial charge in [-0.3, -0.25) is 0 Å². The molecule has 0 fully saturated rings. The monoisotopic (exact) mass is 321 g/mol. The summed E-state index contributed by atoms with van der Waals surface area (Å²) in [6.45, 7) is 8.32. The molecule has 0 aromatic heterocycles. The fourth-order valence-electron chi connectivity index (χ4n) is 3.22. The molecule has 0 radical (unpaired) electrons. The van der Waals surface area contributed by atoms with Gasteiger partial charge in [-0.25, -0.2) is 0 Å². The molecule has 0 aliphatic carbocycles. The fraction of sp³-hybridized carbons (Fsp3) is 0.810. The van der Waals surface area contributed by atoms with Gasteiger partial charge in [0, 0.05) is 0 Å². The highest BCUT2D eigenvalue weighted by Crippen LogP contribution is 2.21. The van der Waals surface area contributed by atoms with Crippen molar-refractivity contribution in [3.63, 3.8) is 0 Å². The van der Waals surface area contributed by atoms with Gasteiger partial charge in [0.2, 0.25) is 0 Å². The molecule has 0 saturated carbocycles. The van der Waals surface area contributed by atoms with Gasteiger partial charge < -0.3 is 10.1 Å². The normalized spacial score (nSPS) is 15.2. The van der Waals surface area contributed by atoms with E-state index in [0.717, 1.165) is 0 Å². The zero-order valence-electron chi connectivity index (χ0n) is 15.7. The van der Waals surface area contributed by atoms with Crippen LogP contribution >= 0.6 is 0 Å². The van der Waals surface area contributed by atoms with Gasteiger partial charge in [0.15, 0.2) is 5.88 Å². The molecule has 0 saturated heterocycles. The molecule has 23 heavy (non-hydrogen) atoms. The Hall–Kier alpha value is -0.920. The topological polar surface area (TPSA) is 21.3 Å². The number of nitrogens with one attached hydrogen (secondary N) is 1. The number of unbranched alkanes of at least 4 members (excludes halogenated alkanes) is 12. The lowest BCUT2D eigenvalue weighted by molar-refractivity contribution is 0.359. The quantitative estimate of drug-likeness (QED) is 0.327. The van der Waals surface area contributed by atoms with Crippen LogP contribution in [0.1, 0.15) is 104 Å². The largest absolute Gasteiger partial charge is 0.448 e. The summed E-state index contributed by atoms with van der Waals surface area (Å²) in [5.74, 6) is 1.22. The molecular formula is C21H39NO. The van der Waals surface area contributed by atoms with Crippen LogP contribution in [0.2, 0.25) is 0 Å². The summed E-state index contributed by atoms with van der Waals surface area (Å²) >= 11 is 0. The van der Waals surface area contributed by atoms with Gasteiger partial charge in [0.1, 0.15) is 6.26 Å². The maximum Gasteiger partial charge on any atom is 0.189 e. The Morgan fingerprint density at radius 2 is 1.35 bits per heavy atom. The summed E-state index contributed by atoms with van der Waals surface area (Å²) in [6.07, 6.45) is 21.5. The third-order valence-electron chi connectivity index (χ3n) is 4.88. The Kier molecular flexibility index (Phi) is 11.8. The lowest BCUT2D eigenvalue weighted by Crippen LogP contribution is -2.12. The van der Waals surface area contributed by atoms with Crippen molar-refractivity contribution >= 4 is 0 Å². The second-order valence-corrected chi connectivity index (χ2v) is 7.17. The van der Waals surface area contributed by atoms with Gasteiger partial charge in [-0.1, -0.05) is 97.3 Å². The SMILES string of the molecule is C=C1NC(C(C)CCCCCCCCCCCCCCC)=CO1. The molecular weight excluding hydrogens is 282 g/mol. The lowest BCUT2D eigenvalue weighted by Gasteiger charge is -2.11. The Labute approximate surface area is 144 Å². The number of ether oxygens (including phenoxy) is 1. The van der Waals surface area contributed by atoms with E-state index in [1.54, 1.807) is 0 Å². The van der Waals surface area contributed by atoms with E-state index in [-0.39, 0.29) is 0 Å². The van der Waals surface area contributed by atoms with Crippen LogP contribution in [0.15, 0.2) is 24.4 Å². The first kappa shape index (κ1) is 20.1. The summed E-state index contributed by atoms with van der Waals surface area (Å²) in [7, 11) is 0. The van der Waals surface area contributed by atoms with Gasteiger partial charge >= 0.3 is 0 Å². The minimum absolute atomic E-state index is 0.557. The van der Waals surface area contributed by atoms with Crippen molar-refractivity contribution in [2.24, 2.45) is 5.92 Å². The second-order valence-electron chi connectivity index (χ2n) is 7.17. The third-order valence-corrected chi connectivity index (χ3v) is 4.88. The first-order valence-electron chi connectivity index (χ1n) is 10.1. The molecule has 134 valence electrons. The number of hydrogen-bond acceptors (Lipinski definition) is 2. The Bertz CT molecular complexity index is 335. The Morgan fingerprint density at radius 3 is 1.78 bits per heavy atom. The molecule has 1 atom stereocenters. The van der Waals surface area contributed by atoms with Gasteiger partial charge in [0.25, 0.3) is 0 Å². The molecule has 1 unspecified atom stereocenters. The van der Waals surface area contributed by atoms with E-state index >= 15 is 0 Å². The van der Waals surface area contributed by atoms with E-state index in [0.29, 0.717) is 11.8 Å². The maximum absolute atomic E-state index is 5.24. The van der Waals surface area contributed by atoms with Crippen molar-refractivity contribution in [2.75, 3.05) is 0 Å². The van der Waals surface area contributed by atoms with E-state index in [1.807, 2.05) is 6.26 Å². The van der Waals surface area contributed by atoms with E-state index in [4.69, 9.17) is 4.74 Å². The molecule has 0 amide bonds. The molecule has 0 spiro atoms. The number of hydrogen-bond donors (Lipinski definition) is 1. The van der Waals surface area contributed by atoms with Crippen LogP contribution in [0.3, 0.4) is 0 Å². The second kappa shape index (κ2) is 13.5. The summed E-state index contributed by atoms with van der Waals surface area (Å²) in [5, 5.41) is 3.19. The standard InChI is InChI=1S/C21H39NO/c1-4-5-6-7-8-9-10-11-12-13-14-15-16-17-19(2)21-18-23-20(3)22-21/h18-19,22H,3-17H2,1-2H3. The molecule has 1 aliphatic heterocycles. The Balaban J connectivity index is 1.79. The average molecular weight is 322 g/mol. The van der Waals surface area contributed by atoms with Crippen molar-refractivity contribution in [1.29, 1.82) is 0 Å². The first-order valence-corrected chi connectivity index (χ1v) is 10.1. The molecule has 0 aromatic rings. The molecule has 1 aliphatic rings. The number of rotatable bonds is 15. The van der Waals surface area contributed by atoms with E-state index < -0.39 is 0 Å². The minimum atomic E-state index is 0.557. The van der Waals surface area contributed by atoms with Crippen molar-refractivity contribution in [3.05, 3.63) is 24.4 Å². The lowest BCUT2D eigenvalue weighted by atomic mass is 9.99. The van der Waals surface area contributed by atoms with Crippen molar-refractivity contribution in [1.82, 2.24) is 5.32 Å². The molecule has 1 N–H and O–H groups in total. The smallest absolute Gasteiger partial charge is 0.189 e. The minimum Gasteiger partial charge on any atom is -0.448 e. The predicted molar refractivity (Wildman–Crippen MR) is 101 cm³/mol. The molecule has 2 nitrogen and oxygen atoms in total. The van der Waals surface area contributed by atoms with Gasteiger partial charge in [-0.05, 0) is 18.9 Å². The van der Waals surface area contributed by atoms with Crippen LogP contribution in [0.25, 0.3) is 0 Å². The van der Waals surface area contributed by atoms with Crippen LogP contribution in [0.5, 0.6) is 0 Å². The van der Waals surface area contributed by atoms with Crippen molar-refractivity contribution < 1.29 is 4.74 Å². The summed E-state index contributed by atoms with van der Waals surface area (Å²) in [6, 6.07) is 0. The molecule has 0 bridgehead atoms. The van der Waals surface area contributed by atoms with Crippen LogP contribution in [-0.2, 0) is 4.74 Å². The van der Waals surface area contributed by atoms with Crippen LogP contribution in [-0.4, -0.2) is 0 Å². The zero-order chi connectivity index (χ0) is 16.8. The van der Waals surface area contributed by atoms with Crippen molar-refractivity contribution in [2.45, 2.75) is 104 Å². The van der Waals surface area contributed by atoms with Gasteiger partial charge in [-0.15, -0.1) is 0 Å². The summed E-state index contributed by atoms with van der Waals surface area (Å²) in [5.41, 5.74) is 1.19. The highest BCUT2D eigenvalue weighted by Gasteiger charge is 2.14. The molecule has 2 heteroatoms. The van der Waals surface area contributed by atoms with E-state index in [9.17, 15) is 0 Å². The first-order chi connectivity index (χ1) is 11.2. The highest BCUT2D eigenvalue weighted by molar-refractivity contribution is 5.12. The van der Waals surface area contributed by atoms with Gasteiger partial charge in [0.05, 0.1) is 5.70 Å². The Morgan fingerprint density at radius 1 is 0.870 bits per heavy atom. The average Bonchev–Trinajstić information content (AvgIpc) is 2.98. The molecule has 1 rings (SSSR count). The van der Waals surface area contributed by atoms with E-state index in [2.05, 4.69) is 25.7 Å². The van der Waals surface area contributed by atoms with E-state index in [1.165, 1.54) is 95.6 Å². The van der Waals surface area contributed by atoms with Crippen molar-refractivity contribution in [3.8, 4) is 0 Å². The maximum atomic E-state index is 5.24. The zero-order valence-corrected chi connectivity index (χ0v) is 15.7. The number of allylic oxidation sites excluding steroid dienone is 1. The third kappa shape index (κ3) is 10.5. The van der Waals surface area contributed by atoms with Gasteiger partial charge in [-0.2, -0.15) is 0 Å². The van der Waals surface area contributed by atoms with Crippen LogP contribution in [0.4, 0.5) is 0 Å². The van der Waals surface area contributed by atoms with Crippen LogP contribution in [0, 0.1) is 5.92 Å².